The lowest BCUT2D eigenvalue weighted by Gasteiger charge is -2.19. The largest absolute Gasteiger partial charge is 0.508 e. The maximum Gasteiger partial charge on any atom is 0.129 e. The fourth-order valence-electron chi connectivity index (χ4n) is 3.65. The van der Waals surface area contributed by atoms with E-state index >= 15 is 0 Å². The SMILES string of the molecule is OC[C@H](Cc1ccc(O)cc1)NC[C@H](O)COc1cccc2[nH]c3ccccc3c12. The molecule has 0 fully saturated rings. The first-order chi connectivity index (χ1) is 14.6. The first-order valence-corrected chi connectivity index (χ1v) is 10.1. The van der Waals surface area contributed by atoms with Gasteiger partial charge in [-0.25, -0.2) is 0 Å². The summed E-state index contributed by atoms with van der Waals surface area (Å²) in [5, 5.41) is 34.7. The lowest BCUT2D eigenvalue weighted by Crippen LogP contribution is -2.41. The summed E-state index contributed by atoms with van der Waals surface area (Å²) >= 11 is 0. The molecule has 1 aromatic heterocycles. The summed E-state index contributed by atoms with van der Waals surface area (Å²) < 4.78 is 5.94. The number of aliphatic hydroxyl groups is 2. The highest BCUT2D eigenvalue weighted by Crippen LogP contribution is 2.32. The van der Waals surface area contributed by atoms with E-state index in [0.717, 1.165) is 33.1 Å². The summed E-state index contributed by atoms with van der Waals surface area (Å²) in [5.41, 5.74) is 3.04. The lowest BCUT2D eigenvalue weighted by molar-refractivity contribution is 0.100. The van der Waals surface area contributed by atoms with Crippen LogP contribution in [0.15, 0.2) is 66.7 Å². The molecule has 156 valence electrons. The first-order valence-electron chi connectivity index (χ1n) is 10.1. The van der Waals surface area contributed by atoms with E-state index in [0.29, 0.717) is 13.0 Å². The van der Waals surface area contributed by atoms with Crippen LogP contribution in [0.25, 0.3) is 21.8 Å². The standard InChI is InChI=1S/C24H26N2O4/c27-14-17(12-16-8-10-18(28)11-9-16)25-13-19(29)15-30-23-7-3-6-22-24(23)20-4-1-2-5-21(20)26-22/h1-11,17,19,25-29H,12-15H2/t17-,19-/m0/s1. The average molecular weight is 406 g/mol. The maximum absolute atomic E-state index is 10.4. The van der Waals surface area contributed by atoms with Crippen LogP contribution in [0, 0.1) is 0 Å². The van der Waals surface area contributed by atoms with Gasteiger partial charge in [0.05, 0.1) is 12.1 Å². The first kappa shape index (κ1) is 20.2. The highest BCUT2D eigenvalue weighted by atomic mass is 16.5. The van der Waals surface area contributed by atoms with Crippen molar-refractivity contribution in [3.63, 3.8) is 0 Å². The molecule has 0 bridgehead atoms. The molecule has 0 unspecified atom stereocenters. The third-order valence-electron chi connectivity index (χ3n) is 5.20. The summed E-state index contributed by atoms with van der Waals surface area (Å²) in [7, 11) is 0. The molecule has 0 radical (unpaired) electrons. The molecule has 30 heavy (non-hydrogen) atoms. The van der Waals surface area contributed by atoms with Gasteiger partial charge in [-0.2, -0.15) is 0 Å². The molecular formula is C24H26N2O4. The van der Waals surface area contributed by atoms with E-state index in [1.807, 2.05) is 54.6 Å². The number of hydrogen-bond donors (Lipinski definition) is 5. The van der Waals surface area contributed by atoms with E-state index in [-0.39, 0.29) is 25.0 Å². The van der Waals surface area contributed by atoms with Gasteiger partial charge >= 0.3 is 0 Å². The van der Waals surface area contributed by atoms with Crippen LogP contribution in [-0.2, 0) is 6.42 Å². The average Bonchev–Trinajstić information content (AvgIpc) is 3.15. The number of aliphatic hydroxyl groups excluding tert-OH is 2. The summed E-state index contributed by atoms with van der Waals surface area (Å²) in [6.45, 7) is 0.388. The molecule has 0 aliphatic carbocycles. The van der Waals surface area contributed by atoms with Crippen molar-refractivity contribution >= 4 is 21.8 Å². The molecule has 0 amide bonds. The van der Waals surface area contributed by atoms with Gasteiger partial charge in [-0.1, -0.05) is 36.4 Å². The molecule has 4 aromatic rings. The van der Waals surface area contributed by atoms with Gasteiger partial charge in [0.15, 0.2) is 0 Å². The van der Waals surface area contributed by atoms with Crippen LogP contribution >= 0.6 is 0 Å². The second kappa shape index (κ2) is 9.17. The van der Waals surface area contributed by atoms with Crippen molar-refractivity contribution < 1.29 is 20.1 Å². The third-order valence-corrected chi connectivity index (χ3v) is 5.20. The molecule has 0 saturated heterocycles. The highest BCUT2D eigenvalue weighted by Gasteiger charge is 2.14. The van der Waals surface area contributed by atoms with Crippen LogP contribution in [0.3, 0.4) is 0 Å². The quantitative estimate of drug-likeness (QED) is 0.294. The number of phenolic OH excluding ortho intramolecular Hbond substituents is 1. The predicted molar refractivity (Wildman–Crippen MR) is 118 cm³/mol. The zero-order chi connectivity index (χ0) is 20.9. The Labute approximate surface area is 174 Å². The Hall–Kier alpha value is -3.06. The monoisotopic (exact) mass is 406 g/mol. The fraction of sp³-hybridized carbons (Fsp3) is 0.250. The highest BCUT2D eigenvalue weighted by molar-refractivity contribution is 6.10. The number of hydrogen-bond acceptors (Lipinski definition) is 5. The van der Waals surface area contributed by atoms with E-state index in [1.54, 1.807) is 12.1 Å². The van der Waals surface area contributed by atoms with Gasteiger partial charge in [0.1, 0.15) is 24.2 Å². The molecule has 0 spiro atoms. The van der Waals surface area contributed by atoms with Gasteiger partial charge < -0.3 is 30.4 Å². The summed E-state index contributed by atoms with van der Waals surface area (Å²) in [6, 6.07) is 20.6. The lowest BCUT2D eigenvalue weighted by atomic mass is 10.1. The summed E-state index contributed by atoms with van der Waals surface area (Å²) in [6.07, 6.45) is -0.127. The second-order valence-corrected chi connectivity index (χ2v) is 7.47. The minimum Gasteiger partial charge on any atom is -0.508 e. The van der Waals surface area contributed by atoms with E-state index in [4.69, 9.17) is 4.74 Å². The smallest absolute Gasteiger partial charge is 0.129 e. The number of nitrogens with one attached hydrogen (secondary N) is 2. The molecule has 6 nitrogen and oxygen atoms in total. The van der Waals surface area contributed by atoms with Crippen LogP contribution in [0.5, 0.6) is 11.5 Å². The minimum atomic E-state index is -0.723. The number of rotatable bonds is 9. The van der Waals surface area contributed by atoms with Crippen molar-refractivity contribution in [2.75, 3.05) is 19.8 Å². The molecule has 0 saturated carbocycles. The molecule has 0 aliphatic rings. The van der Waals surface area contributed by atoms with Crippen molar-refractivity contribution in [1.82, 2.24) is 10.3 Å². The normalized spacial score (nSPS) is 13.5. The number of para-hydroxylation sites is 1. The summed E-state index contributed by atoms with van der Waals surface area (Å²) in [4.78, 5) is 3.38. The number of benzene rings is 3. The van der Waals surface area contributed by atoms with Crippen LogP contribution in [0.2, 0.25) is 0 Å². The van der Waals surface area contributed by atoms with Gasteiger partial charge in [0.25, 0.3) is 0 Å². The molecular weight excluding hydrogens is 380 g/mol. The molecule has 2 atom stereocenters. The fourth-order valence-corrected chi connectivity index (χ4v) is 3.65. The van der Waals surface area contributed by atoms with Crippen molar-refractivity contribution in [3.05, 3.63) is 72.3 Å². The Bertz CT molecular complexity index is 1110. The number of fused-ring (bicyclic) bond motifs is 3. The van der Waals surface area contributed by atoms with Gasteiger partial charge in [0, 0.05) is 28.9 Å². The molecule has 1 heterocycles. The van der Waals surface area contributed by atoms with Crippen molar-refractivity contribution in [2.24, 2.45) is 0 Å². The Kier molecular flexibility index (Phi) is 6.18. The van der Waals surface area contributed by atoms with E-state index < -0.39 is 6.10 Å². The third kappa shape index (κ3) is 4.57. The number of H-pyrrole nitrogens is 1. The zero-order valence-electron chi connectivity index (χ0n) is 16.6. The molecule has 3 aromatic carbocycles. The zero-order valence-corrected chi connectivity index (χ0v) is 16.6. The van der Waals surface area contributed by atoms with E-state index in [9.17, 15) is 15.3 Å². The van der Waals surface area contributed by atoms with Crippen LogP contribution in [0.4, 0.5) is 0 Å². The van der Waals surface area contributed by atoms with Crippen molar-refractivity contribution in [3.8, 4) is 11.5 Å². The van der Waals surface area contributed by atoms with E-state index in [1.165, 1.54) is 0 Å². The van der Waals surface area contributed by atoms with Crippen LogP contribution in [0.1, 0.15) is 5.56 Å². The van der Waals surface area contributed by atoms with Gasteiger partial charge in [-0.3, -0.25) is 0 Å². The van der Waals surface area contributed by atoms with Gasteiger partial charge in [-0.05, 0) is 42.3 Å². The maximum atomic E-state index is 10.4. The Morgan fingerprint density at radius 3 is 2.50 bits per heavy atom. The molecule has 4 rings (SSSR count). The molecule has 6 heteroatoms. The van der Waals surface area contributed by atoms with E-state index in [2.05, 4.69) is 10.3 Å². The van der Waals surface area contributed by atoms with Crippen molar-refractivity contribution in [2.45, 2.75) is 18.6 Å². The van der Waals surface area contributed by atoms with Gasteiger partial charge in [-0.15, -0.1) is 0 Å². The summed E-state index contributed by atoms with van der Waals surface area (Å²) in [5.74, 6) is 0.942. The molecule has 0 aliphatic heterocycles. The van der Waals surface area contributed by atoms with Crippen LogP contribution < -0.4 is 10.1 Å². The molecule has 5 N–H and O–H groups in total. The van der Waals surface area contributed by atoms with Crippen LogP contribution in [-0.4, -0.2) is 52.2 Å². The minimum absolute atomic E-state index is 0.0525. The Morgan fingerprint density at radius 1 is 0.933 bits per heavy atom. The van der Waals surface area contributed by atoms with Gasteiger partial charge in [0.2, 0.25) is 0 Å². The second-order valence-electron chi connectivity index (χ2n) is 7.47. The van der Waals surface area contributed by atoms with Crippen molar-refractivity contribution in [1.29, 1.82) is 0 Å². The Morgan fingerprint density at radius 2 is 1.70 bits per heavy atom. The number of aromatic nitrogens is 1. The predicted octanol–water partition coefficient (Wildman–Crippen LogP) is 2.96. The number of phenols is 1. The number of ether oxygens (including phenoxy) is 1. The Balaban J connectivity index is 1.35. The number of aromatic amines is 1. The topological polar surface area (TPSA) is 97.7 Å². The number of aromatic hydroxyl groups is 1.